The quantitative estimate of drug-likeness (QED) is 0.416. The van der Waals surface area contributed by atoms with E-state index in [0.717, 1.165) is 13.8 Å². The second kappa shape index (κ2) is 4.33. The lowest BCUT2D eigenvalue weighted by molar-refractivity contribution is -0.119. The van der Waals surface area contributed by atoms with Crippen molar-refractivity contribution in [1.82, 2.24) is 5.32 Å². The van der Waals surface area contributed by atoms with Gasteiger partial charge in [0.05, 0.1) is 0 Å². The van der Waals surface area contributed by atoms with Gasteiger partial charge in [-0.25, -0.2) is 0 Å². The van der Waals surface area contributed by atoms with E-state index in [9.17, 15) is 13.9 Å². The molecule has 0 rings (SSSR count). The summed E-state index contributed by atoms with van der Waals surface area (Å²) < 4.78 is 21.3. The van der Waals surface area contributed by atoms with E-state index in [0.29, 0.717) is 0 Å². The van der Waals surface area contributed by atoms with Crippen molar-refractivity contribution in [2.24, 2.45) is 0 Å². The van der Waals surface area contributed by atoms with Gasteiger partial charge in [0, 0.05) is 0 Å². The fourth-order valence-electron chi connectivity index (χ4n) is 0.641. The van der Waals surface area contributed by atoms with Crippen LogP contribution < -0.4 is 5.32 Å². The SMILES string of the molecule is CC(C)(NC(=O)CP(=O)(O)O)P(=O)(O)O. The summed E-state index contributed by atoms with van der Waals surface area (Å²) in [4.78, 5) is 45.5. The first-order valence-corrected chi connectivity index (χ1v) is 7.17. The maximum absolute atomic E-state index is 11.0. The number of hydrogen-bond donors (Lipinski definition) is 5. The summed E-state index contributed by atoms with van der Waals surface area (Å²) in [5.41, 5.74) is 0. The largest absolute Gasteiger partial charge is 0.350 e. The van der Waals surface area contributed by atoms with Crippen molar-refractivity contribution >= 4 is 21.1 Å². The van der Waals surface area contributed by atoms with E-state index in [2.05, 4.69) is 0 Å². The highest BCUT2D eigenvalue weighted by Crippen LogP contribution is 2.48. The fourth-order valence-corrected chi connectivity index (χ4v) is 1.36. The molecule has 15 heavy (non-hydrogen) atoms. The molecular formula is C5H13NO7P2. The summed E-state index contributed by atoms with van der Waals surface area (Å²) in [6.45, 7) is 2.12. The molecule has 0 radical (unpaired) electrons. The zero-order valence-electron chi connectivity index (χ0n) is 8.12. The first-order valence-electron chi connectivity index (χ1n) is 3.76. The molecule has 0 saturated carbocycles. The normalized spacial score (nSPS) is 13.7. The monoisotopic (exact) mass is 261 g/mol. The Morgan fingerprint density at radius 2 is 1.60 bits per heavy atom. The molecule has 0 aromatic rings. The van der Waals surface area contributed by atoms with Crippen LogP contribution >= 0.6 is 15.2 Å². The molecule has 10 heteroatoms. The lowest BCUT2D eigenvalue weighted by Gasteiger charge is -2.26. The van der Waals surface area contributed by atoms with Crippen LogP contribution in [-0.4, -0.2) is 36.9 Å². The van der Waals surface area contributed by atoms with Crippen LogP contribution in [0.1, 0.15) is 13.8 Å². The van der Waals surface area contributed by atoms with Gasteiger partial charge in [0.15, 0.2) is 0 Å². The van der Waals surface area contributed by atoms with Crippen molar-refractivity contribution in [2.75, 3.05) is 6.16 Å². The van der Waals surface area contributed by atoms with Crippen LogP contribution in [0, 0.1) is 0 Å². The number of nitrogens with one attached hydrogen (secondary N) is 1. The van der Waals surface area contributed by atoms with Gasteiger partial charge in [0.1, 0.15) is 11.4 Å². The Morgan fingerprint density at radius 1 is 1.20 bits per heavy atom. The number of rotatable bonds is 4. The Bertz CT molecular complexity index is 339. The van der Waals surface area contributed by atoms with Crippen molar-refractivity contribution < 1.29 is 33.5 Å². The summed E-state index contributed by atoms with van der Waals surface area (Å²) in [7, 11) is -9.10. The van der Waals surface area contributed by atoms with Crippen LogP contribution in [0.15, 0.2) is 0 Å². The minimum atomic E-state index is -4.57. The van der Waals surface area contributed by atoms with E-state index in [-0.39, 0.29) is 0 Å². The molecule has 0 aromatic heterocycles. The summed E-state index contributed by atoms with van der Waals surface area (Å²) in [6, 6.07) is 0. The van der Waals surface area contributed by atoms with Crippen LogP contribution in [0.25, 0.3) is 0 Å². The standard InChI is InChI=1S/C5H13NO7P2/c1-5(2,15(11,12)13)6-4(7)3-14(8,9)10/h3H2,1-2H3,(H,6,7)(H2,8,9,10)(H2,11,12,13). The summed E-state index contributed by atoms with van der Waals surface area (Å²) >= 11 is 0. The summed E-state index contributed by atoms with van der Waals surface area (Å²) in [5, 5.41) is 0.0105. The van der Waals surface area contributed by atoms with Crippen molar-refractivity contribution in [1.29, 1.82) is 0 Å². The molecule has 0 spiro atoms. The van der Waals surface area contributed by atoms with Crippen LogP contribution in [-0.2, 0) is 13.9 Å². The highest BCUT2D eigenvalue weighted by molar-refractivity contribution is 7.53. The molecule has 0 saturated heterocycles. The predicted octanol–water partition coefficient (Wildman–Crippen LogP) is -0.806. The lowest BCUT2D eigenvalue weighted by atomic mass is 10.4. The topological polar surface area (TPSA) is 144 Å². The predicted molar refractivity (Wildman–Crippen MR) is 51.2 cm³/mol. The second-order valence-corrected chi connectivity index (χ2v) is 7.33. The van der Waals surface area contributed by atoms with Gasteiger partial charge in [-0.1, -0.05) is 0 Å². The maximum Gasteiger partial charge on any atom is 0.350 e. The van der Waals surface area contributed by atoms with Gasteiger partial charge in [-0.2, -0.15) is 0 Å². The third-order valence-electron chi connectivity index (χ3n) is 1.52. The van der Waals surface area contributed by atoms with E-state index in [1.165, 1.54) is 0 Å². The molecule has 90 valence electrons. The second-order valence-electron chi connectivity index (χ2n) is 3.47. The Hall–Kier alpha value is -0.230. The molecule has 0 fully saturated rings. The van der Waals surface area contributed by atoms with Gasteiger partial charge in [0.2, 0.25) is 5.91 Å². The zero-order chi connectivity index (χ0) is 12.5. The highest BCUT2D eigenvalue weighted by atomic mass is 31.2. The van der Waals surface area contributed by atoms with Crippen LogP contribution in [0.5, 0.6) is 0 Å². The molecule has 8 nitrogen and oxygen atoms in total. The first-order chi connectivity index (χ1) is 6.35. The molecule has 0 aliphatic heterocycles. The molecule has 5 N–H and O–H groups in total. The molecule has 0 atom stereocenters. The van der Waals surface area contributed by atoms with E-state index in [4.69, 9.17) is 19.6 Å². The van der Waals surface area contributed by atoms with Crippen LogP contribution in [0.2, 0.25) is 0 Å². The average Bonchev–Trinajstić information content (AvgIpc) is 1.75. The van der Waals surface area contributed by atoms with Crippen molar-refractivity contribution in [2.45, 2.75) is 19.1 Å². The molecule has 0 bridgehead atoms. The molecule has 0 aliphatic carbocycles. The number of carbonyl (C=O) groups excluding carboxylic acids is 1. The third-order valence-corrected chi connectivity index (χ3v) is 3.79. The molecule has 0 unspecified atom stereocenters. The Balaban J connectivity index is 4.57. The summed E-state index contributed by atoms with van der Waals surface area (Å²) in [6.07, 6.45) is -1.10. The lowest BCUT2D eigenvalue weighted by Crippen LogP contribution is -2.44. The number of carbonyl (C=O) groups is 1. The highest BCUT2D eigenvalue weighted by Gasteiger charge is 2.39. The zero-order valence-corrected chi connectivity index (χ0v) is 9.90. The third kappa shape index (κ3) is 5.41. The van der Waals surface area contributed by atoms with E-state index >= 15 is 0 Å². The van der Waals surface area contributed by atoms with Crippen LogP contribution in [0.3, 0.4) is 0 Å². The Kier molecular flexibility index (Phi) is 4.26. The molecule has 0 aliphatic rings. The smallest absolute Gasteiger partial charge is 0.339 e. The van der Waals surface area contributed by atoms with Gasteiger partial charge in [-0.3, -0.25) is 13.9 Å². The number of amides is 1. The number of hydrogen-bond acceptors (Lipinski definition) is 3. The fraction of sp³-hybridized carbons (Fsp3) is 0.800. The minimum Gasteiger partial charge on any atom is -0.339 e. The Labute approximate surface area is 86.0 Å². The van der Waals surface area contributed by atoms with Gasteiger partial charge < -0.3 is 24.9 Å². The molecule has 0 heterocycles. The van der Waals surface area contributed by atoms with Gasteiger partial charge in [-0.05, 0) is 13.8 Å². The van der Waals surface area contributed by atoms with Gasteiger partial charge >= 0.3 is 15.2 Å². The van der Waals surface area contributed by atoms with Crippen molar-refractivity contribution in [3.05, 3.63) is 0 Å². The van der Waals surface area contributed by atoms with E-state index in [1.54, 1.807) is 0 Å². The van der Waals surface area contributed by atoms with E-state index in [1.807, 2.05) is 5.32 Å². The van der Waals surface area contributed by atoms with Gasteiger partial charge in [-0.15, -0.1) is 0 Å². The van der Waals surface area contributed by atoms with Crippen molar-refractivity contribution in [3.63, 3.8) is 0 Å². The summed E-state index contributed by atoms with van der Waals surface area (Å²) in [5.74, 6) is -1.11. The molecular weight excluding hydrogens is 248 g/mol. The first kappa shape index (κ1) is 14.8. The van der Waals surface area contributed by atoms with Crippen molar-refractivity contribution in [3.8, 4) is 0 Å². The average molecular weight is 261 g/mol. The molecule has 1 amide bonds. The molecule has 0 aromatic carbocycles. The minimum absolute atomic E-state index is 1.06. The van der Waals surface area contributed by atoms with Crippen LogP contribution in [0.4, 0.5) is 0 Å². The Morgan fingerprint density at radius 3 is 1.87 bits per heavy atom. The van der Waals surface area contributed by atoms with Gasteiger partial charge in [0.25, 0.3) is 0 Å². The van der Waals surface area contributed by atoms with E-state index < -0.39 is 32.5 Å². The maximum atomic E-state index is 11.0.